The van der Waals surface area contributed by atoms with E-state index in [1.165, 1.54) is 11.0 Å². The maximum Gasteiger partial charge on any atom is 0.270 e. The Morgan fingerprint density at radius 3 is 2.71 bits per heavy atom. The molecule has 94 valence electrons. The van der Waals surface area contributed by atoms with Crippen molar-refractivity contribution in [2.45, 2.75) is 12.1 Å². The van der Waals surface area contributed by atoms with Crippen LogP contribution in [0.1, 0.15) is 10.5 Å². The third kappa shape index (κ3) is 2.42. The monoisotopic (exact) mass is 277 g/mol. The maximum absolute atomic E-state index is 12.1. The van der Waals surface area contributed by atoms with E-state index in [-0.39, 0.29) is 17.1 Å². The Labute approximate surface area is 109 Å². The standard InChI is InChI=1S/C10H13Cl2N3O2/c1-15(7-3-13-4-8(7)16)10(17)6-2-5(11)9(12)14-6/h2,7-8,13-14,16H,3-4H2,1H3/t7-,8-/m0/s1. The number of H-pyrrole nitrogens is 1. The summed E-state index contributed by atoms with van der Waals surface area (Å²) in [7, 11) is 1.64. The number of β-amino-alcohol motifs (C(OH)–C–C–N with tert-alkyl or cyclic N) is 1. The van der Waals surface area contributed by atoms with E-state index < -0.39 is 6.10 Å². The van der Waals surface area contributed by atoms with Gasteiger partial charge in [-0.3, -0.25) is 4.79 Å². The van der Waals surface area contributed by atoms with Crippen LogP contribution in [0.5, 0.6) is 0 Å². The number of amides is 1. The molecule has 0 radical (unpaired) electrons. The molecular weight excluding hydrogens is 265 g/mol. The van der Waals surface area contributed by atoms with Gasteiger partial charge in [0.05, 0.1) is 17.2 Å². The summed E-state index contributed by atoms with van der Waals surface area (Å²) in [6.45, 7) is 1.07. The number of carbonyl (C=O) groups is 1. The Kier molecular flexibility index (Phi) is 3.63. The molecule has 1 aromatic rings. The Balaban J connectivity index is 2.14. The van der Waals surface area contributed by atoms with E-state index in [4.69, 9.17) is 23.2 Å². The van der Waals surface area contributed by atoms with Crippen LogP contribution in [-0.2, 0) is 0 Å². The highest BCUT2D eigenvalue weighted by molar-refractivity contribution is 6.41. The first-order valence-electron chi connectivity index (χ1n) is 5.20. The highest BCUT2D eigenvalue weighted by atomic mass is 35.5. The van der Waals surface area contributed by atoms with Gasteiger partial charge < -0.3 is 20.3 Å². The van der Waals surface area contributed by atoms with E-state index in [2.05, 4.69) is 10.3 Å². The zero-order chi connectivity index (χ0) is 12.6. The Morgan fingerprint density at radius 1 is 1.53 bits per heavy atom. The normalized spacial score (nSPS) is 24.0. The number of likely N-dealkylation sites (N-methyl/N-ethyl adjacent to an activating group) is 1. The van der Waals surface area contributed by atoms with Crippen molar-refractivity contribution >= 4 is 29.1 Å². The number of aliphatic hydroxyl groups excluding tert-OH is 1. The molecule has 1 aliphatic rings. The van der Waals surface area contributed by atoms with E-state index in [0.29, 0.717) is 23.8 Å². The summed E-state index contributed by atoms with van der Waals surface area (Å²) in [5.74, 6) is -0.244. The predicted octanol–water partition coefficient (Wildman–Crippen LogP) is 0.726. The average molecular weight is 278 g/mol. The quantitative estimate of drug-likeness (QED) is 0.747. The van der Waals surface area contributed by atoms with E-state index in [1.807, 2.05) is 0 Å². The van der Waals surface area contributed by atoms with E-state index in [1.54, 1.807) is 7.05 Å². The highest BCUT2D eigenvalue weighted by Crippen LogP contribution is 2.23. The molecule has 1 saturated heterocycles. The largest absolute Gasteiger partial charge is 0.390 e. The fraction of sp³-hybridized carbons (Fsp3) is 0.500. The van der Waals surface area contributed by atoms with Crippen LogP contribution in [-0.4, -0.2) is 53.2 Å². The van der Waals surface area contributed by atoms with Crippen molar-refractivity contribution in [3.05, 3.63) is 21.9 Å². The Hall–Kier alpha value is -0.750. The van der Waals surface area contributed by atoms with Gasteiger partial charge in [0.15, 0.2) is 0 Å². The number of aromatic nitrogens is 1. The molecule has 1 amide bonds. The summed E-state index contributed by atoms with van der Waals surface area (Å²) >= 11 is 11.5. The van der Waals surface area contributed by atoms with Gasteiger partial charge in [0.25, 0.3) is 5.91 Å². The average Bonchev–Trinajstić information content (AvgIpc) is 2.84. The van der Waals surface area contributed by atoms with Gasteiger partial charge in [-0.05, 0) is 6.07 Å². The van der Waals surface area contributed by atoms with E-state index >= 15 is 0 Å². The van der Waals surface area contributed by atoms with Gasteiger partial charge in [-0.25, -0.2) is 0 Å². The number of aromatic amines is 1. The van der Waals surface area contributed by atoms with Crippen molar-refractivity contribution < 1.29 is 9.90 Å². The lowest BCUT2D eigenvalue weighted by molar-refractivity contribution is 0.0576. The van der Waals surface area contributed by atoms with Crippen LogP contribution in [0.2, 0.25) is 10.2 Å². The number of carbonyl (C=O) groups excluding carboxylic acids is 1. The topological polar surface area (TPSA) is 68.4 Å². The lowest BCUT2D eigenvalue weighted by atomic mass is 10.2. The summed E-state index contributed by atoms with van der Waals surface area (Å²) in [6.07, 6.45) is -0.551. The molecule has 0 aromatic carbocycles. The van der Waals surface area contributed by atoms with E-state index in [0.717, 1.165) is 0 Å². The number of rotatable bonds is 2. The van der Waals surface area contributed by atoms with Crippen LogP contribution in [0.25, 0.3) is 0 Å². The molecule has 0 saturated carbocycles. The summed E-state index contributed by atoms with van der Waals surface area (Å²) < 4.78 is 0. The number of nitrogens with zero attached hydrogens (tertiary/aromatic N) is 1. The molecule has 1 aromatic heterocycles. The minimum atomic E-state index is -0.551. The first kappa shape index (κ1) is 12.7. The number of halogens is 2. The lowest BCUT2D eigenvalue weighted by Crippen LogP contribution is -2.44. The Morgan fingerprint density at radius 2 is 2.24 bits per heavy atom. The van der Waals surface area contributed by atoms with Gasteiger partial charge >= 0.3 is 0 Å². The van der Waals surface area contributed by atoms with Crippen LogP contribution in [0.3, 0.4) is 0 Å². The summed E-state index contributed by atoms with van der Waals surface area (Å²) in [5, 5.41) is 13.3. The van der Waals surface area contributed by atoms with Gasteiger partial charge in [0.2, 0.25) is 0 Å². The molecule has 2 atom stereocenters. The minimum absolute atomic E-state index is 0.233. The molecule has 0 aliphatic carbocycles. The van der Waals surface area contributed by atoms with Gasteiger partial charge in [-0.1, -0.05) is 23.2 Å². The molecule has 7 heteroatoms. The van der Waals surface area contributed by atoms with Crippen molar-refractivity contribution in [3.8, 4) is 0 Å². The van der Waals surface area contributed by atoms with Gasteiger partial charge in [0, 0.05) is 20.1 Å². The molecular formula is C10H13Cl2N3O2. The molecule has 5 nitrogen and oxygen atoms in total. The maximum atomic E-state index is 12.1. The molecule has 2 heterocycles. The molecule has 1 fully saturated rings. The fourth-order valence-corrected chi connectivity index (χ4v) is 2.22. The second kappa shape index (κ2) is 4.86. The van der Waals surface area contributed by atoms with Crippen LogP contribution >= 0.6 is 23.2 Å². The van der Waals surface area contributed by atoms with Crippen molar-refractivity contribution in [1.82, 2.24) is 15.2 Å². The van der Waals surface area contributed by atoms with E-state index in [9.17, 15) is 9.90 Å². The summed E-state index contributed by atoms with van der Waals surface area (Å²) in [4.78, 5) is 16.3. The second-order valence-corrected chi connectivity index (χ2v) is 4.84. The van der Waals surface area contributed by atoms with Crippen LogP contribution in [0.4, 0.5) is 0 Å². The second-order valence-electron chi connectivity index (χ2n) is 4.05. The van der Waals surface area contributed by atoms with Crippen LogP contribution in [0, 0.1) is 0 Å². The molecule has 0 bridgehead atoms. The number of aliphatic hydroxyl groups is 1. The predicted molar refractivity (Wildman–Crippen MR) is 65.6 cm³/mol. The Bertz CT molecular complexity index is 416. The summed E-state index contributed by atoms with van der Waals surface area (Å²) in [5.41, 5.74) is 0.321. The first-order valence-corrected chi connectivity index (χ1v) is 5.96. The number of hydrogen-bond donors (Lipinski definition) is 3. The zero-order valence-corrected chi connectivity index (χ0v) is 10.7. The van der Waals surface area contributed by atoms with Gasteiger partial charge in [-0.2, -0.15) is 0 Å². The zero-order valence-electron chi connectivity index (χ0n) is 9.20. The van der Waals surface area contributed by atoms with Crippen LogP contribution in [0.15, 0.2) is 6.07 Å². The van der Waals surface area contributed by atoms with Gasteiger partial charge in [0.1, 0.15) is 10.8 Å². The first-order chi connectivity index (χ1) is 8.00. The van der Waals surface area contributed by atoms with Crippen molar-refractivity contribution in [3.63, 3.8) is 0 Å². The van der Waals surface area contributed by atoms with Crippen LogP contribution < -0.4 is 5.32 Å². The van der Waals surface area contributed by atoms with Crippen molar-refractivity contribution in [2.24, 2.45) is 0 Å². The molecule has 0 unspecified atom stereocenters. The molecule has 2 rings (SSSR count). The molecule has 17 heavy (non-hydrogen) atoms. The molecule has 1 aliphatic heterocycles. The van der Waals surface area contributed by atoms with Crippen molar-refractivity contribution in [2.75, 3.05) is 20.1 Å². The SMILES string of the molecule is CN(C(=O)c1cc(Cl)c(Cl)[nH]1)[C@H]1CNC[C@@H]1O. The number of hydrogen-bond acceptors (Lipinski definition) is 3. The molecule has 3 N–H and O–H groups in total. The third-order valence-electron chi connectivity index (χ3n) is 2.92. The van der Waals surface area contributed by atoms with Crippen molar-refractivity contribution in [1.29, 1.82) is 0 Å². The highest BCUT2D eigenvalue weighted by Gasteiger charge is 2.32. The smallest absolute Gasteiger partial charge is 0.270 e. The minimum Gasteiger partial charge on any atom is -0.390 e. The lowest BCUT2D eigenvalue weighted by Gasteiger charge is -2.25. The molecule has 0 spiro atoms. The summed E-state index contributed by atoms with van der Waals surface area (Å²) in [6, 6.07) is 1.25. The fourth-order valence-electron chi connectivity index (χ4n) is 1.91. The van der Waals surface area contributed by atoms with Gasteiger partial charge in [-0.15, -0.1) is 0 Å². The number of nitrogens with one attached hydrogen (secondary N) is 2. The third-order valence-corrected chi connectivity index (χ3v) is 3.62.